The quantitative estimate of drug-likeness (QED) is 0.371. The number of nitrogens with one attached hydrogen (secondary N) is 1. The molecule has 0 atom stereocenters. The molecule has 0 aliphatic heterocycles. The summed E-state index contributed by atoms with van der Waals surface area (Å²) in [6.07, 6.45) is 0.799. The SMILES string of the molecule is CCc1ccc(-c2nc(C)c(C(=O)Nc3cc(S(=O)(=O)N(CC)CC)ccc3OC(C)C)s2)cc1. The Bertz CT molecular complexity index is 1280. The maximum Gasteiger partial charge on any atom is 0.267 e. The number of benzene rings is 2. The van der Waals surface area contributed by atoms with E-state index in [1.165, 1.54) is 33.3 Å². The van der Waals surface area contributed by atoms with Gasteiger partial charge in [-0.15, -0.1) is 11.3 Å². The third-order valence-corrected chi connectivity index (χ3v) is 8.77. The van der Waals surface area contributed by atoms with E-state index in [4.69, 9.17) is 4.74 Å². The summed E-state index contributed by atoms with van der Waals surface area (Å²) in [7, 11) is -3.70. The molecule has 1 heterocycles. The number of sulfonamides is 1. The maximum absolute atomic E-state index is 13.3. The zero-order chi connectivity index (χ0) is 25.8. The van der Waals surface area contributed by atoms with Gasteiger partial charge in [-0.25, -0.2) is 13.4 Å². The first kappa shape index (κ1) is 26.8. The molecular weight excluding hydrogens is 482 g/mol. The summed E-state index contributed by atoms with van der Waals surface area (Å²) in [6.45, 7) is 11.9. The van der Waals surface area contributed by atoms with Gasteiger partial charge in [-0.3, -0.25) is 4.79 Å². The zero-order valence-electron chi connectivity index (χ0n) is 21.1. The molecule has 9 heteroatoms. The smallest absolute Gasteiger partial charge is 0.267 e. The Balaban J connectivity index is 1.95. The summed E-state index contributed by atoms with van der Waals surface area (Å²) in [6, 6.07) is 12.7. The predicted octanol–water partition coefficient (Wildman–Crippen LogP) is 5.75. The number of aromatic nitrogens is 1. The number of ether oxygens (including phenoxy) is 1. The van der Waals surface area contributed by atoms with Crippen LogP contribution in [0.1, 0.15) is 55.5 Å². The van der Waals surface area contributed by atoms with E-state index in [1.807, 2.05) is 26.0 Å². The number of nitrogens with zero attached hydrogens (tertiary/aromatic N) is 2. The number of aryl methyl sites for hydroxylation is 2. The molecule has 35 heavy (non-hydrogen) atoms. The van der Waals surface area contributed by atoms with Crippen LogP contribution in [0.3, 0.4) is 0 Å². The third kappa shape index (κ3) is 6.09. The average molecular weight is 516 g/mol. The van der Waals surface area contributed by atoms with Crippen molar-refractivity contribution in [2.45, 2.75) is 59.0 Å². The number of hydrogen-bond acceptors (Lipinski definition) is 6. The fraction of sp³-hybridized carbons (Fsp3) is 0.385. The number of thiazole rings is 1. The molecular formula is C26H33N3O4S2. The number of rotatable bonds is 10. The van der Waals surface area contributed by atoms with Crippen molar-refractivity contribution < 1.29 is 17.9 Å². The number of amides is 1. The molecule has 0 saturated carbocycles. The van der Waals surface area contributed by atoms with Crippen molar-refractivity contribution in [2.75, 3.05) is 18.4 Å². The highest BCUT2D eigenvalue weighted by Crippen LogP contribution is 2.33. The number of anilines is 1. The maximum atomic E-state index is 13.3. The van der Waals surface area contributed by atoms with Crippen LogP contribution in [0.25, 0.3) is 10.6 Å². The molecule has 188 valence electrons. The highest BCUT2D eigenvalue weighted by molar-refractivity contribution is 7.89. The van der Waals surface area contributed by atoms with Gasteiger partial charge in [0.25, 0.3) is 5.91 Å². The Hall–Kier alpha value is -2.75. The first-order valence-corrected chi connectivity index (χ1v) is 14.0. The van der Waals surface area contributed by atoms with Crippen molar-refractivity contribution in [3.63, 3.8) is 0 Å². The Labute approximate surface area is 212 Å². The van der Waals surface area contributed by atoms with Crippen LogP contribution in [0.4, 0.5) is 5.69 Å². The van der Waals surface area contributed by atoms with Gasteiger partial charge >= 0.3 is 0 Å². The number of carbonyl (C=O) groups excluding carboxylic acids is 1. The Morgan fingerprint density at radius 3 is 2.31 bits per heavy atom. The van der Waals surface area contributed by atoms with Gasteiger partial charge in [0.1, 0.15) is 15.6 Å². The van der Waals surface area contributed by atoms with Gasteiger partial charge in [0.2, 0.25) is 10.0 Å². The molecule has 0 fully saturated rings. The molecule has 1 aromatic heterocycles. The van der Waals surface area contributed by atoms with E-state index in [0.29, 0.717) is 35.1 Å². The van der Waals surface area contributed by atoms with E-state index in [9.17, 15) is 13.2 Å². The lowest BCUT2D eigenvalue weighted by Gasteiger charge is -2.20. The zero-order valence-corrected chi connectivity index (χ0v) is 22.7. The summed E-state index contributed by atoms with van der Waals surface area (Å²) in [5, 5.41) is 3.62. The molecule has 0 saturated heterocycles. The van der Waals surface area contributed by atoms with Crippen LogP contribution < -0.4 is 10.1 Å². The molecule has 0 aliphatic rings. The lowest BCUT2D eigenvalue weighted by Crippen LogP contribution is -2.30. The van der Waals surface area contributed by atoms with Crippen LogP contribution in [0.15, 0.2) is 47.4 Å². The first-order chi connectivity index (χ1) is 16.6. The van der Waals surface area contributed by atoms with Gasteiger partial charge in [-0.05, 0) is 51.0 Å². The summed E-state index contributed by atoms with van der Waals surface area (Å²) < 4.78 is 33.4. The highest BCUT2D eigenvalue weighted by atomic mass is 32.2. The minimum absolute atomic E-state index is 0.102. The van der Waals surface area contributed by atoms with Crippen LogP contribution in [-0.4, -0.2) is 42.8 Å². The van der Waals surface area contributed by atoms with Crippen LogP contribution in [0, 0.1) is 6.92 Å². The molecule has 0 spiro atoms. The Morgan fingerprint density at radius 2 is 1.74 bits per heavy atom. The van der Waals surface area contributed by atoms with Crippen molar-refractivity contribution in [3.8, 4) is 16.3 Å². The Morgan fingerprint density at radius 1 is 1.09 bits per heavy atom. The fourth-order valence-corrected chi connectivity index (χ4v) is 6.08. The lowest BCUT2D eigenvalue weighted by molar-refractivity contribution is 0.102. The van der Waals surface area contributed by atoms with E-state index in [2.05, 4.69) is 29.4 Å². The predicted molar refractivity (Wildman–Crippen MR) is 142 cm³/mol. The third-order valence-electron chi connectivity index (χ3n) is 5.52. The molecule has 2 aromatic carbocycles. The van der Waals surface area contributed by atoms with Gasteiger partial charge in [0, 0.05) is 18.7 Å². The van der Waals surface area contributed by atoms with Crippen molar-refractivity contribution in [1.29, 1.82) is 0 Å². The molecule has 0 radical (unpaired) electrons. The van der Waals surface area contributed by atoms with E-state index in [0.717, 1.165) is 17.0 Å². The van der Waals surface area contributed by atoms with E-state index in [1.54, 1.807) is 26.8 Å². The first-order valence-electron chi connectivity index (χ1n) is 11.8. The van der Waals surface area contributed by atoms with Crippen molar-refractivity contribution >= 4 is 33.0 Å². The monoisotopic (exact) mass is 515 g/mol. The molecule has 0 bridgehead atoms. The van der Waals surface area contributed by atoms with Gasteiger partial charge in [0.15, 0.2) is 0 Å². The molecule has 3 rings (SSSR count). The van der Waals surface area contributed by atoms with Crippen LogP contribution in [-0.2, 0) is 16.4 Å². The van der Waals surface area contributed by atoms with Gasteiger partial charge in [0.05, 0.1) is 22.4 Å². The summed E-state index contributed by atoms with van der Waals surface area (Å²) >= 11 is 1.30. The summed E-state index contributed by atoms with van der Waals surface area (Å²) in [5.41, 5.74) is 3.10. The lowest BCUT2D eigenvalue weighted by atomic mass is 10.1. The fourth-order valence-electron chi connectivity index (χ4n) is 3.63. The molecule has 3 aromatic rings. The van der Waals surface area contributed by atoms with Gasteiger partial charge in [-0.2, -0.15) is 4.31 Å². The second-order valence-electron chi connectivity index (χ2n) is 8.35. The topological polar surface area (TPSA) is 88.6 Å². The summed E-state index contributed by atoms with van der Waals surface area (Å²) in [5.74, 6) is 0.0480. The van der Waals surface area contributed by atoms with E-state index < -0.39 is 10.0 Å². The van der Waals surface area contributed by atoms with E-state index >= 15 is 0 Å². The molecule has 1 N–H and O–H groups in total. The van der Waals surface area contributed by atoms with Gasteiger partial charge in [-0.1, -0.05) is 45.0 Å². The molecule has 0 aliphatic carbocycles. The number of hydrogen-bond donors (Lipinski definition) is 1. The summed E-state index contributed by atoms with van der Waals surface area (Å²) in [4.78, 5) is 18.4. The normalized spacial score (nSPS) is 11.8. The van der Waals surface area contributed by atoms with Crippen molar-refractivity contribution in [3.05, 3.63) is 58.6 Å². The molecule has 0 unspecified atom stereocenters. The van der Waals surface area contributed by atoms with Crippen LogP contribution >= 0.6 is 11.3 Å². The second kappa shape index (κ2) is 11.3. The Kier molecular flexibility index (Phi) is 8.69. The average Bonchev–Trinajstić information content (AvgIpc) is 3.22. The largest absolute Gasteiger partial charge is 0.489 e. The van der Waals surface area contributed by atoms with E-state index in [-0.39, 0.29) is 16.9 Å². The van der Waals surface area contributed by atoms with Crippen molar-refractivity contribution in [1.82, 2.24) is 9.29 Å². The highest BCUT2D eigenvalue weighted by Gasteiger charge is 2.24. The van der Waals surface area contributed by atoms with Crippen LogP contribution in [0.5, 0.6) is 5.75 Å². The number of carbonyl (C=O) groups is 1. The van der Waals surface area contributed by atoms with Crippen molar-refractivity contribution in [2.24, 2.45) is 0 Å². The second-order valence-corrected chi connectivity index (χ2v) is 11.3. The molecule has 7 nitrogen and oxygen atoms in total. The minimum atomic E-state index is -3.70. The minimum Gasteiger partial charge on any atom is -0.489 e. The molecule has 1 amide bonds. The van der Waals surface area contributed by atoms with Crippen LogP contribution in [0.2, 0.25) is 0 Å². The van der Waals surface area contributed by atoms with Gasteiger partial charge < -0.3 is 10.1 Å². The standard InChI is InChI=1S/C26H33N3O4S2/c1-7-19-10-12-20(13-11-19)26-27-18(6)24(34-26)25(30)28-22-16-21(14-15-23(22)33-17(4)5)35(31,32)29(8-2)9-3/h10-17H,7-9H2,1-6H3,(H,28,30).